The van der Waals surface area contributed by atoms with Gasteiger partial charge in [-0.05, 0) is 31.9 Å². The second kappa shape index (κ2) is 15.8. The van der Waals surface area contributed by atoms with Crippen LogP contribution in [-0.4, -0.2) is 117 Å². The van der Waals surface area contributed by atoms with Crippen molar-refractivity contribution in [1.29, 1.82) is 5.41 Å². The van der Waals surface area contributed by atoms with Crippen LogP contribution in [0.4, 0.5) is 0 Å². The van der Waals surface area contributed by atoms with Gasteiger partial charge in [0.05, 0.1) is 12.7 Å². The fourth-order valence-corrected chi connectivity index (χ4v) is 4.77. The zero-order valence-electron chi connectivity index (χ0n) is 25.4. The van der Waals surface area contributed by atoms with E-state index in [1.54, 1.807) is 18.3 Å². The molecule has 0 spiro atoms. The minimum absolute atomic E-state index is 0.0342. The van der Waals surface area contributed by atoms with Crippen molar-refractivity contribution in [2.45, 2.75) is 63.0 Å². The van der Waals surface area contributed by atoms with Gasteiger partial charge in [0.15, 0.2) is 5.96 Å². The van der Waals surface area contributed by atoms with Crippen molar-refractivity contribution in [3.63, 3.8) is 0 Å². The Labute approximate surface area is 264 Å². The molecular formula is C29H41N9O8. The molecule has 0 aliphatic carbocycles. The average Bonchev–Trinajstić information content (AvgIpc) is 3.65. The molecule has 2 aromatic rings. The van der Waals surface area contributed by atoms with Gasteiger partial charge in [0.2, 0.25) is 23.6 Å². The van der Waals surface area contributed by atoms with Crippen molar-refractivity contribution in [3.05, 3.63) is 47.7 Å². The number of carboxylic acid groups (broad SMARTS) is 1. The number of guanidine groups is 1. The summed E-state index contributed by atoms with van der Waals surface area (Å²) < 4.78 is 0. The third kappa shape index (κ3) is 9.26. The molecule has 13 N–H and O–H groups in total. The molecule has 4 amide bonds. The third-order valence-electron chi connectivity index (χ3n) is 7.54. The first-order valence-electron chi connectivity index (χ1n) is 14.5. The molecule has 3 rings (SSSR count). The maximum Gasteiger partial charge on any atom is 0.326 e. The molecule has 1 aliphatic rings. The number of H-pyrrole nitrogens is 1. The lowest BCUT2D eigenvalue weighted by Crippen LogP contribution is -2.59. The number of carbonyl (C=O) groups excluding carboxylic acids is 4. The fourth-order valence-electron chi connectivity index (χ4n) is 4.77. The molecule has 46 heavy (non-hydrogen) atoms. The number of fused-ring (bicyclic) bond motifs is 1. The van der Waals surface area contributed by atoms with Crippen molar-refractivity contribution in [2.24, 2.45) is 11.5 Å². The average molecular weight is 644 g/mol. The molecule has 0 saturated carbocycles. The number of aliphatic hydroxyl groups excluding tert-OH is 2. The van der Waals surface area contributed by atoms with Gasteiger partial charge >= 0.3 is 5.97 Å². The normalized spacial score (nSPS) is 16.7. The molecule has 1 aliphatic heterocycles. The van der Waals surface area contributed by atoms with Gasteiger partial charge in [0.1, 0.15) is 30.2 Å². The Balaban J connectivity index is 1.64. The second-order valence-electron chi connectivity index (χ2n) is 11.1. The van der Waals surface area contributed by atoms with Crippen LogP contribution in [-0.2, 0) is 30.4 Å². The summed E-state index contributed by atoms with van der Waals surface area (Å²) in [5.74, 6) is -4.95. The van der Waals surface area contributed by atoms with E-state index in [4.69, 9.17) is 16.9 Å². The second-order valence-corrected chi connectivity index (χ2v) is 11.1. The molecule has 1 aromatic heterocycles. The van der Waals surface area contributed by atoms with Crippen LogP contribution in [0.2, 0.25) is 0 Å². The maximum atomic E-state index is 13.3. The van der Waals surface area contributed by atoms with Crippen LogP contribution in [0.3, 0.4) is 0 Å². The molecule has 0 bridgehead atoms. The Hall–Kier alpha value is -5.00. The summed E-state index contributed by atoms with van der Waals surface area (Å²) in [7, 11) is 0. The van der Waals surface area contributed by atoms with Crippen LogP contribution in [0, 0.1) is 5.41 Å². The van der Waals surface area contributed by atoms with Crippen molar-refractivity contribution in [1.82, 2.24) is 31.2 Å². The van der Waals surface area contributed by atoms with Crippen LogP contribution in [0.25, 0.3) is 10.9 Å². The summed E-state index contributed by atoms with van der Waals surface area (Å²) in [6, 6.07) is 0.488. The summed E-state index contributed by atoms with van der Waals surface area (Å²) in [5, 5.41) is 47.3. The Morgan fingerprint density at radius 3 is 2.20 bits per heavy atom. The highest BCUT2D eigenvalue weighted by Gasteiger charge is 2.32. The Morgan fingerprint density at radius 1 is 0.957 bits per heavy atom. The first kappa shape index (κ1) is 35.5. The molecule has 0 saturated heterocycles. The summed E-state index contributed by atoms with van der Waals surface area (Å²) in [6.45, 7) is 2.26. The Bertz CT molecular complexity index is 1490. The zero-order valence-corrected chi connectivity index (χ0v) is 25.4. The predicted octanol–water partition coefficient (Wildman–Crippen LogP) is -3.02. The number of benzene rings is 1. The first-order chi connectivity index (χ1) is 21.7. The smallest absolute Gasteiger partial charge is 0.326 e. The van der Waals surface area contributed by atoms with Crippen LogP contribution < -0.4 is 32.7 Å². The summed E-state index contributed by atoms with van der Waals surface area (Å²) in [5.41, 5.74) is 13.4. The van der Waals surface area contributed by atoms with Gasteiger partial charge in [0.25, 0.3) is 0 Å². The van der Waals surface area contributed by atoms with Gasteiger partial charge < -0.3 is 57.9 Å². The highest BCUT2D eigenvalue weighted by atomic mass is 16.4. The number of aliphatic carboxylic acids is 1. The van der Waals surface area contributed by atoms with Gasteiger partial charge in [-0.2, -0.15) is 0 Å². The van der Waals surface area contributed by atoms with E-state index in [1.807, 2.05) is 18.2 Å². The van der Waals surface area contributed by atoms with Gasteiger partial charge in [-0.3, -0.25) is 24.6 Å². The van der Waals surface area contributed by atoms with E-state index in [0.717, 1.165) is 10.9 Å². The van der Waals surface area contributed by atoms with E-state index in [-0.39, 0.29) is 25.3 Å². The number of nitrogens with zero attached hydrogens (tertiary/aromatic N) is 1. The minimum atomic E-state index is -1.56. The molecule has 2 heterocycles. The van der Waals surface area contributed by atoms with Gasteiger partial charge in [-0.1, -0.05) is 29.8 Å². The van der Waals surface area contributed by atoms with E-state index < -0.39 is 72.5 Å². The Morgan fingerprint density at radius 2 is 1.59 bits per heavy atom. The van der Waals surface area contributed by atoms with Crippen molar-refractivity contribution in [2.75, 3.05) is 19.7 Å². The summed E-state index contributed by atoms with van der Waals surface area (Å²) >= 11 is 0. The highest BCUT2D eigenvalue weighted by Crippen LogP contribution is 2.19. The summed E-state index contributed by atoms with van der Waals surface area (Å²) in [6.07, 6.45) is 2.06. The number of amides is 4. The first-order valence-corrected chi connectivity index (χ1v) is 14.5. The lowest BCUT2D eigenvalue weighted by atomic mass is 10.0. The SMILES string of the molecule is CC(NC(=O)C(CO)NC(=O)C(CC1=CCN(C(=N)N)C1)NC(=O)C(N)C(C)O)C(=O)NC(Cc1c[nH]c2ccccc12)C(=O)O. The number of aromatic nitrogens is 1. The number of hydrogen-bond acceptors (Lipinski definition) is 9. The van der Waals surface area contributed by atoms with Crippen LogP contribution in [0.1, 0.15) is 25.8 Å². The number of aliphatic hydroxyl groups is 2. The Kier molecular flexibility index (Phi) is 12.2. The minimum Gasteiger partial charge on any atom is -0.480 e. The van der Waals surface area contributed by atoms with Gasteiger partial charge in [-0.25, -0.2) is 4.79 Å². The summed E-state index contributed by atoms with van der Waals surface area (Å²) in [4.78, 5) is 68.2. The number of nitrogens with two attached hydrogens (primary N) is 2. The van der Waals surface area contributed by atoms with Crippen molar-refractivity contribution in [3.8, 4) is 0 Å². The van der Waals surface area contributed by atoms with E-state index >= 15 is 0 Å². The number of para-hydroxylation sites is 1. The number of nitrogens with one attached hydrogen (secondary N) is 6. The fraction of sp³-hybridized carbons (Fsp3) is 0.448. The standard InChI is InChI=1S/C29H41N9O8/c1-14(24(41)36-21(28(45)46)10-17-11-33-19-6-4-3-5-18(17)19)34-26(43)22(13-39)37-25(42)20(35-27(44)23(30)15(2)40)9-16-7-8-38(12-16)29(31)32/h3-7,11,14-15,20-23,33,39-40H,8-10,12-13,30H2,1-2H3,(H3,31,32)(H,34,43)(H,35,44)(H,36,41)(H,37,42)(H,45,46). The number of rotatable bonds is 15. The van der Waals surface area contributed by atoms with Crippen LogP contribution >= 0.6 is 0 Å². The molecule has 6 unspecified atom stereocenters. The van der Waals surface area contributed by atoms with Gasteiger partial charge in [-0.15, -0.1) is 0 Å². The molecular weight excluding hydrogens is 602 g/mol. The number of hydrogen-bond donors (Lipinski definition) is 11. The quantitative estimate of drug-likeness (QED) is 0.0527. The third-order valence-corrected chi connectivity index (χ3v) is 7.54. The van der Waals surface area contributed by atoms with E-state index in [1.165, 1.54) is 18.7 Å². The van der Waals surface area contributed by atoms with Crippen molar-refractivity contribution >= 4 is 46.5 Å². The molecule has 250 valence electrons. The molecule has 0 fully saturated rings. The lowest BCUT2D eigenvalue weighted by molar-refractivity contribution is -0.142. The molecule has 17 heteroatoms. The topological polar surface area (TPSA) is 289 Å². The molecule has 1 aromatic carbocycles. The van der Waals surface area contributed by atoms with Crippen LogP contribution in [0.5, 0.6) is 0 Å². The number of aromatic amines is 1. The largest absolute Gasteiger partial charge is 0.480 e. The van der Waals surface area contributed by atoms with E-state index in [0.29, 0.717) is 17.7 Å². The van der Waals surface area contributed by atoms with Gasteiger partial charge in [0, 0.05) is 36.6 Å². The zero-order chi connectivity index (χ0) is 34.1. The maximum absolute atomic E-state index is 13.3. The van der Waals surface area contributed by atoms with Crippen LogP contribution in [0.15, 0.2) is 42.1 Å². The monoisotopic (exact) mass is 643 g/mol. The lowest BCUT2D eigenvalue weighted by Gasteiger charge is -2.25. The molecule has 0 radical (unpaired) electrons. The molecule has 17 nitrogen and oxygen atoms in total. The number of carboxylic acids is 1. The predicted molar refractivity (Wildman–Crippen MR) is 166 cm³/mol. The van der Waals surface area contributed by atoms with E-state index in [2.05, 4.69) is 26.3 Å². The highest BCUT2D eigenvalue weighted by molar-refractivity contribution is 5.95. The van der Waals surface area contributed by atoms with E-state index in [9.17, 15) is 39.3 Å². The number of carbonyl (C=O) groups is 5. The van der Waals surface area contributed by atoms with Crippen molar-refractivity contribution < 1.29 is 39.3 Å². The molecule has 6 atom stereocenters.